The van der Waals surface area contributed by atoms with Crippen LogP contribution in [0.1, 0.15) is 5.56 Å². The molecule has 0 aliphatic rings. The van der Waals surface area contributed by atoms with Crippen LogP contribution < -0.4 is 10.5 Å². The van der Waals surface area contributed by atoms with Gasteiger partial charge in [-0.25, -0.2) is 9.37 Å². The molecule has 0 radical (unpaired) electrons. The number of nitrogens with two attached hydrogens (primary N) is 1. The first-order valence-electron chi connectivity index (χ1n) is 6.90. The normalized spacial score (nSPS) is 10.4. The molecule has 2 N–H and O–H groups in total. The summed E-state index contributed by atoms with van der Waals surface area (Å²) in [6.07, 6.45) is 1.55. The molecule has 0 aliphatic carbocycles. The second kappa shape index (κ2) is 6.26. The zero-order chi connectivity index (χ0) is 15.4. The summed E-state index contributed by atoms with van der Waals surface area (Å²) < 4.78 is 19.2. The highest BCUT2D eigenvalue weighted by Gasteiger charge is 2.04. The molecule has 0 amide bonds. The fraction of sp³-hybridized carbons (Fsp3) is 0.0556. The summed E-state index contributed by atoms with van der Waals surface area (Å²) in [7, 11) is 0. The minimum Gasteiger partial charge on any atom is -0.489 e. The summed E-state index contributed by atoms with van der Waals surface area (Å²) in [5.41, 5.74) is 8.03. The molecule has 110 valence electrons. The van der Waals surface area contributed by atoms with Gasteiger partial charge >= 0.3 is 0 Å². The number of benzene rings is 2. The molecule has 3 rings (SSSR count). The standard InChI is InChI=1S/C18H15FN2O/c19-17-10-15(11-21-18(17)20)14-6-8-16(9-7-14)22-12-13-4-2-1-3-5-13/h1-11H,12H2,(H2,20,21). The molecule has 0 saturated carbocycles. The first kappa shape index (κ1) is 14.1. The molecule has 1 heterocycles. The highest BCUT2D eigenvalue weighted by atomic mass is 19.1. The SMILES string of the molecule is Nc1ncc(-c2ccc(OCc3ccccc3)cc2)cc1F. The molecular weight excluding hydrogens is 279 g/mol. The summed E-state index contributed by atoms with van der Waals surface area (Å²) >= 11 is 0. The summed E-state index contributed by atoms with van der Waals surface area (Å²) in [6, 6.07) is 18.8. The molecule has 0 atom stereocenters. The fourth-order valence-electron chi connectivity index (χ4n) is 2.09. The average Bonchev–Trinajstić information content (AvgIpc) is 2.57. The van der Waals surface area contributed by atoms with Crippen molar-refractivity contribution < 1.29 is 9.13 Å². The Morgan fingerprint density at radius 1 is 0.955 bits per heavy atom. The summed E-state index contributed by atoms with van der Waals surface area (Å²) in [4.78, 5) is 3.82. The minimum absolute atomic E-state index is 0.0911. The van der Waals surface area contributed by atoms with E-state index in [1.165, 1.54) is 6.07 Å². The Morgan fingerprint density at radius 2 is 1.68 bits per heavy atom. The molecule has 22 heavy (non-hydrogen) atoms. The number of hydrogen-bond donors (Lipinski definition) is 1. The Morgan fingerprint density at radius 3 is 2.36 bits per heavy atom. The quantitative estimate of drug-likeness (QED) is 0.789. The second-order valence-corrected chi connectivity index (χ2v) is 4.89. The number of hydrogen-bond acceptors (Lipinski definition) is 3. The van der Waals surface area contributed by atoms with Crippen molar-refractivity contribution in [3.8, 4) is 16.9 Å². The molecular formula is C18H15FN2O. The van der Waals surface area contributed by atoms with Crippen LogP contribution in [0.5, 0.6) is 5.75 Å². The number of nitrogens with zero attached hydrogens (tertiary/aromatic N) is 1. The van der Waals surface area contributed by atoms with Crippen LogP contribution in [0.3, 0.4) is 0 Å². The van der Waals surface area contributed by atoms with Crippen LogP contribution in [0.2, 0.25) is 0 Å². The van der Waals surface area contributed by atoms with Gasteiger partial charge in [0.1, 0.15) is 12.4 Å². The summed E-state index contributed by atoms with van der Waals surface area (Å²) in [5, 5.41) is 0. The predicted molar refractivity (Wildman–Crippen MR) is 84.8 cm³/mol. The number of halogens is 1. The molecule has 1 aromatic heterocycles. The van der Waals surface area contributed by atoms with E-state index in [4.69, 9.17) is 10.5 Å². The van der Waals surface area contributed by atoms with Gasteiger partial charge < -0.3 is 10.5 Å². The van der Waals surface area contributed by atoms with Crippen LogP contribution in [-0.4, -0.2) is 4.98 Å². The van der Waals surface area contributed by atoms with Gasteiger partial charge in [-0.1, -0.05) is 42.5 Å². The van der Waals surface area contributed by atoms with Crippen LogP contribution in [0, 0.1) is 5.82 Å². The van der Waals surface area contributed by atoms with Crippen LogP contribution in [0.15, 0.2) is 66.9 Å². The molecule has 4 heteroatoms. The minimum atomic E-state index is -0.512. The number of nitrogen functional groups attached to an aromatic ring is 1. The zero-order valence-corrected chi connectivity index (χ0v) is 11.9. The van der Waals surface area contributed by atoms with Gasteiger partial charge in [0.15, 0.2) is 11.6 Å². The third-order valence-corrected chi connectivity index (χ3v) is 3.31. The topological polar surface area (TPSA) is 48.1 Å². The van der Waals surface area contributed by atoms with E-state index in [0.29, 0.717) is 12.2 Å². The third kappa shape index (κ3) is 3.23. The van der Waals surface area contributed by atoms with Crippen LogP contribution in [-0.2, 0) is 6.61 Å². The first-order valence-corrected chi connectivity index (χ1v) is 6.90. The van der Waals surface area contributed by atoms with Crippen molar-refractivity contribution >= 4 is 5.82 Å². The first-order chi connectivity index (χ1) is 10.7. The molecule has 3 aromatic rings. The Kier molecular flexibility index (Phi) is 4.01. The van der Waals surface area contributed by atoms with Crippen molar-refractivity contribution in [3.05, 3.63) is 78.2 Å². The number of aromatic nitrogens is 1. The molecule has 3 nitrogen and oxygen atoms in total. The lowest BCUT2D eigenvalue weighted by molar-refractivity contribution is 0.306. The van der Waals surface area contributed by atoms with Crippen LogP contribution in [0.4, 0.5) is 10.2 Å². The number of ether oxygens (including phenoxy) is 1. The van der Waals surface area contributed by atoms with Gasteiger partial charge in [-0.05, 0) is 29.3 Å². The van der Waals surface area contributed by atoms with Crippen molar-refractivity contribution in [1.29, 1.82) is 0 Å². The molecule has 0 bridgehead atoms. The van der Waals surface area contributed by atoms with Crippen molar-refractivity contribution in [3.63, 3.8) is 0 Å². The molecule has 0 unspecified atom stereocenters. The van der Waals surface area contributed by atoms with E-state index in [1.54, 1.807) is 6.20 Å². The zero-order valence-electron chi connectivity index (χ0n) is 11.9. The van der Waals surface area contributed by atoms with E-state index < -0.39 is 5.82 Å². The van der Waals surface area contributed by atoms with Crippen molar-refractivity contribution in [2.75, 3.05) is 5.73 Å². The summed E-state index contributed by atoms with van der Waals surface area (Å²) in [5.74, 6) is 0.157. The van der Waals surface area contributed by atoms with Crippen LogP contribution >= 0.6 is 0 Å². The molecule has 2 aromatic carbocycles. The van der Waals surface area contributed by atoms with E-state index in [1.807, 2.05) is 54.6 Å². The molecule has 0 aliphatic heterocycles. The van der Waals surface area contributed by atoms with Gasteiger partial charge in [0.25, 0.3) is 0 Å². The number of anilines is 1. The second-order valence-electron chi connectivity index (χ2n) is 4.89. The van der Waals surface area contributed by atoms with Crippen molar-refractivity contribution in [2.24, 2.45) is 0 Å². The third-order valence-electron chi connectivity index (χ3n) is 3.31. The predicted octanol–water partition coefficient (Wildman–Crippen LogP) is 4.05. The van der Waals surface area contributed by atoms with Gasteiger partial charge in [-0.3, -0.25) is 0 Å². The Bertz CT molecular complexity index is 758. The lowest BCUT2D eigenvalue weighted by atomic mass is 10.1. The maximum absolute atomic E-state index is 13.4. The molecule has 0 fully saturated rings. The monoisotopic (exact) mass is 294 g/mol. The molecule has 0 spiro atoms. The van der Waals surface area contributed by atoms with E-state index in [2.05, 4.69) is 4.98 Å². The Balaban J connectivity index is 1.71. The maximum atomic E-state index is 13.4. The van der Waals surface area contributed by atoms with Gasteiger partial charge in [0.2, 0.25) is 0 Å². The van der Waals surface area contributed by atoms with Gasteiger partial charge in [-0.15, -0.1) is 0 Å². The number of rotatable bonds is 4. The van der Waals surface area contributed by atoms with Gasteiger partial charge in [0.05, 0.1) is 0 Å². The Labute approximate surface area is 128 Å². The van der Waals surface area contributed by atoms with E-state index in [-0.39, 0.29) is 5.82 Å². The van der Waals surface area contributed by atoms with E-state index >= 15 is 0 Å². The fourth-order valence-corrected chi connectivity index (χ4v) is 2.09. The average molecular weight is 294 g/mol. The van der Waals surface area contributed by atoms with E-state index in [9.17, 15) is 4.39 Å². The highest BCUT2D eigenvalue weighted by Crippen LogP contribution is 2.24. The van der Waals surface area contributed by atoms with Gasteiger partial charge in [0, 0.05) is 11.8 Å². The summed E-state index contributed by atoms with van der Waals surface area (Å²) in [6.45, 7) is 0.512. The van der Waals surface area contributed by atoms with Crippen molar-refractivity contribution in [2.45, 2.75) is 6.61 Å². The van der Waals surface area contributed by atoms with Crippen molar-refractivity contribution in [1.82, 2.24) is 4.98 Å². The van der Waals surface area contributed by atoms with Crippen LogP contribution in [0.25, 0.3) is 11.1 Å². The van der Waals surface area contributed by atoms with Gasteiger partial charge in [-0.2, -0.15) is 0 Å². The highest BCUT2D eigenvalue weighted by molar-refractivity contribution is 5.64. The lowest BCUT2D eigenvalue weighted by Gasteiger charge is -2.08. The maximum Gasteiger partial charge on any atom is 0.165 e. The Hall–Kier alpha value is -2.88. The largest absolute Gasteiger partial charge is 0.489 e. The molecule has 0 saturated heterocycles. The number of pyridine rings is 1. The van der Waals surface area contributed by atoms with E-state index in [0.717, 1.165) is 16.9 Å². The smallest absolute Gasteiger partial charge is 0.165 e. The lowest BCUT2D eigenvalue weighted by Crippen LogP contribution is -1.96.